The van der Waals surface area contributed by atoms with E-state index in [1.54, 1.807) is 4.57 Å². The predicted molar refractivity (Wildman–Crippen MR) is 49.7 cm³/mol. The third kappa shape index (κ3) is 1.77. The molecule has 1 atom stereocenters. The van der Waals surface area contributed by atoms with Gasteiger partial charge in [-0.15, -0.1) is 0 Å². The van der Waals surface area contributed by atoms with Gasteiger partial charge in [0.25, 0.3) is 9.05 Å². The van der Waals surface area contributed by atoms with Gasteiger partial charge in [0.15, 0.2) is 5.03 Å². The van der Waals surface area contributed by atoms with Crippen LogP contribution >= 0.6 is 10.7 Å². The van der Waals surface area contributed by atoms with E-state index in [0.29, 0.717) is 13.2 Å². The summed E-state index contributed by atoms with van der Waals surface area (Å²) in [5, 5.41) is 0.0367. The minimum Gasteiger partial charge on any atom is -0.379 e. The molecule has 1 unspecified atom stereocenters. The first kappa shape index (κ1) is 9.95. The first-order valence-corrected chi connectivity index (χ1v) is 6.44. The molecule has 78 valence electrons. The third-order valence-corrected chi connectivity index (χ3v) is 3.47. The summed E-state index contributed by atoms with van der Waals surface area (Å²) >= 11 is 0. The highest BCUT2D eigenvalue weighted by molar-refractivity contribution is 8.13. The Labute approximate surface area is 86.1 Å². The summed E-state index contributed by atoms with van der Waals surface area (Å²) in [6.07, 6.45) is 3.50. The van der Waals surface area contributed by atoms with Crippen molar-refractivity contribution in [1.29, 1.82) is 0 Å². The van der Waals surface area contributed by atoms with Gasteiger partial charge in [0.05, 0.1) is 25.2 Å². The Bertz CT molecular complexity index is 422. The zero-order valence-electron chi connectivity index (χ0n) is 7.26. The molecule has 5 nitrogen and oxygen atoms in total. The third-order valence-electron chi connectivity index (χ3n) is 2.18. The lowest BCUT2D eigenvalue weighted by Gasteiger charge is -2.11. The summed E-state index contributed by atoms with van der Waals surface area (Å²) in [6, 6.07) is 0.0287. The van der Waals surface area contributed by atoms with Crippen molar-refractivity contribution in [2.75, 3.05) is 13.2 Å². The van der Waals surface area contributed by atoms with E-state index < -0.39 is 9.05 Å². The van der Waals surface area contributed by atoms with Crippen LogP contribution in [-0.2, 0) is 13.8 Å². The van der Waals surface area contributed by atoms with E-state index in [-0.39, 0.29) is 11.1 Å². The van der Waals surface area contributed by atoms with Crippen molar-refractivity contribution in [3.63, 3.8) is 0 Å². The molecule has 1 aromatic rings. The Balaban J connectivity index is 2.39. The van der Waals surface area contributed by atoms with Crippen LogP contribution in [-0.4, -0.2) is 31.2 Å². The summed E-state index contributed by atoms with van der Waals surface area (Å²) in [5.41, 5.74) is 0. The topological polar surface area (TPSA) is 61.2 Å². The first-order valence-electron chi connectivity index (χ1n) is 4.13. The maximum atomic E-state index is 11.1. The molecule has 0 spiro atoms. The summed E-state index contributed by atoms with van der Waals surface area (Å²) in [5.74, 6) is 0. The van der Waals surface area contributed by atoms with Gasteiger partial charge in [-0.1, -0.05) is 0 Å². The van der Waals surface area contributed by atoms with Crippen molar-refractivity contribution < 1.29 is 13.2 Å². The molecule has 0 aliphatic carbocycles. The number of rotatable bonds is 2. The fourth-order valence-corrected chi connectivity index (χ4v) is 2.49. The van der Waals surface area contributed by atoms with Gasteiger partial charge in [-0.3, -0.25) is 0 Å². The summed E-state index contributed by atoms with van der Waals surface area (Å²) < 4.78 is 29.0. The monoisotopic (exact) mass is 236 g/mol. The molecule has 1 fully saturated rings. The molecule has 0 saturated carbocycles. The SMILES string of the molecule is O=S(=O)(Cl)c1cncn1C1CCOC1. The van der Waals surface area contributed by atoms with Crippen LogP contribution in [0, 0.1) is 0 Å². The van der Waals surface area contributed by atoms with E-state index in [1.807, 2.05) is 0 Å². The molecular formula is C7H9ClN2O3S. The molecular weight excluding hydrogens is 228 g/mol. The van der Waals surface area contributed by atoms with Crippen molar-refractivity contribution in [1.82, 2.24) is 9.55 Å². The van der Waals surface area contributed by atoms with Crippen molar-refractivity contribution in [3.05, 3.63) is 12.5 Å². The smallest absolute Gasteiger partial charge is 0.278 e. The average molecular weight is 237 g/mol. The van der Waals surface area contributed by atoms with Gasteiger partial charge in [0, 0.05) is 17.3 Å². The molecule has 0 N–H and O–H groups in total. The second-order valence-electron chi connectivity index (χ2n) is 3.09. The van der Waals surface area contributed by atoms with Crippen LogP contribution in [0.2, 0.25) is 0 Å². The van der Waals surface area contributed by atoms with E-state index in [4.69, 9.17) is 15.4 Å². The maximum absolute atomic E-state index is 11.1. The summed E-state index contributed by atoms with van der Waals surface area (Å²) in [4.78, 5) is 3.78. The molecule has 0 amide bonds. The second-order valence-corrected chi connectivity index (χ2v) is 5.61. The second kappa shape index (κ2) is 3.52. The van der Waals surface area contributed by atoms with Crippen LogP contribution in [0.1, 0.15) is 12.5 Å². The number of hydrogen-bond acceptors (Lipinski definition) is 4. The standard InChI is InChI=1S/C7H9ClN2O3S/c8-14(11,12)7-3-9-5-10(7)6-1-2-13-4-6/h3,5-6H,1-2,4H2. The van der Waals surface area contributed by atoms with E-state index in [0.717, 1.165) is 6.42 Å². The molecule has 0 radical (unpaired) electrons. The highest BCUT2D eigenvalue weighted by Gasteiger charge is 2.24. The van der Waals surface area contributed by atoms with Gasteiger partial charge >= 0.3 is 0 Å². The molecule has 7 heteroatoms. The van der Waals surface area contributed by atoms with Gasteiger partial charge in [-0.25, -0.2) is 13.4 Å². The normalized spacial score (nSPS) is 22.8. The van der Waals surface area contributed by atoms with Crippen molar-refractivity contribution >= 4 is 19.7 Å². The Morgan fingerprint density at radius 3 is 3.00 bits per heavy atom. The zero-order chi connectivity index (χ0) is 10.2. The minimum absolute atomic E-state index is 0.0287. The minimum atomic E-state index is -3.71. The number of nitrogens with zero attached hydrogens (tertiary/aromatic N) is 2. The number of imidazole rings is 1. The molecule has 1 saturated heterocycles. The van der Waals surface area contributed by atoms with Crippen LogP contribution in [0.3, 0.4) is 0 Å². The van der Waals surface area contributed by atoms with Crippen LogP contribution in [0.15, 0.2) is 17.6 Å². The van der Waals surface area contributed by atoms with Crippen molar-refractivity contribution in [2.24, 2.45) is 0 Å². The van der Waals surface area contributed by atoms with Gasteiger partial charge in [-0.05, 0) is 6.42 Å². The fraction of sp³-hybridized carbons (Fsp3) is 0.571. The highest BCUT2D eigenvalue weighted by atomic mass is 35.7. The predicted octanol–water partition coefficient (Wildman–Crippen LogP) is 0.772. The Morgan fingerprint density at radius 1 is 1.64 bits per heavy atom. The van der Waals surface area contributed by atoms with E-state index >= 15 is 0 Å². The molecule has 0 bridgehead atoms. The van der Waals surface area contributed by atoms with Crippen LogP contribution < -0.4 is 0 Å². The lowest BCUT2D eigenvalue weighted by atomic mass is 10.3. The van der Waals surface area contributed by atoms with Crippen LogP contribution in [0.5, 0.6) is 0 Å². The lowest BCUT2D eigenvalue weighted by molar-refractivity contribution is 0.185. The Kier molecular flexibility index (Phi) is 2.50. The summed E-state index contributed by atoms with van der Waals surface area (Å²) in [7, 11) is 1.54. The Morgan fingerprint density at radius 2 is 2.43 bits per heavy atom. The fourth-order valence-electron chi connectivity index (χ4n) is 1.50. The largest absolute Gasteiger partial charge is 0.379 e. The average Bonchev–Trinajstić information content (AvgIpc) is 2.73. The van der Waals surface area contributed by atoms with Gasteiger partial charge < -0.3 is 9.30 Å². The molecule has 1 aliphatic rings. The van der Waals surface area contributed by atoms with E-state index in [1.165, 1.54) is 12.5 Å². The van der Waals surface area contributed by atoms with E-state index in [2.05, 4.69) is 4.98 Å². The molecule has 1 aliphatic heterocycles. The quantitative estimate of drug-likeness (QED) is 0.712. The number of aromatic nitrogens is 2. The molecule has 2 rings (SSSR count). The van der Waals surface area contributed by atoms with Gasteiger partial charge in [0.1, 0.15) is 0 Å². The zero-order valence-corrected chi connectivity index (χ0v) is 8.83. The number of halogens is 1. The van der Waals surface area contributed by atoms with E-state index in [9.17, 15) is 8.42 Å². The Hall–Kier alpha value is -0.590. The van der Waals surface area contributed by atoms with Crippen LogP contribution in [0.25, 0.3) is 0 Å². The highest BCUT2D eigenvalue weighted by Crippen LogP contribution is 2.24. The van der Waals surface area contributed by atoms with Gasteiger partial charge in [-0.2, -0.15) is 0 Å². The number of hydrogen-bond donors (Lipinski definition) is 0. The summed E-state index contributed by atoms with van der Waals surface area (Å²) in [6.45, 7) is 1.15. The van der Waals surface area contributed by atoms with Crippen LogP contribution in [0.4, 0.5) is 0 Å². The van der Waals surface area contributed by atoms with Crippen molar-refractivity contribution in [2.45, 2.75) is 17.5 Å². The van der Waals surface area contributed by atoms with Gasteiger partial charge in [0.2, 0.25) is 0 Å². The number of ether oxygens (including phenoxy) is 1. The molecule has 2 heterocycles. The molecule has 14 heavy (non-hydrogen) atoms. The maximum Gasteiger partial charge on any atom is 0.278 e. The molecule has 1 aromatic heterocycles. The molecule has 0 aromatic carbocycles. The van der Waals surface area contributed by atoms with Crippen molar-refractivity contribution in [3.8, 4) is 0 Å². The lowest BCUT2D eigenvalue weighted by Crippen LogP contribution is -2.12. The first-order chi connectivity index (χ1) is 6.59.